The summed E-state index contributed by atoms with van der Waals surface area (Å²) in [7, 11) is 2.01. The van der Waals surface area contributed by atoms with Gasteiger partial charge in [-0.3, -0.25) is 0 Å². The molecular weight excluding hydrogens is 192 g/mol. The smallest absolute Gasteiger partial charge is 0.0662 e. The van der Waals surface area contributed by atoms with E-state index < -0.39 is 0 Å². The molecule has 0 aliphatic rings. The van der Waals surface area contributed by atoms with Gasteiger partial charge >= 0.3 is 0 Å². The van der Waals surface area contributed by atoms with Crippen molar-refractivity contribution in [2.75, 3.05) is 33.2 Å². The molecule has 0 saturated carbocycles. The fraction of sp³-hybridized carbons (Fsp3) is 1.00. The summed E-state index contributed by atoms with van der Waals surface area (Å²) >= 11 is 0. The quantitative estimate of drug-likeness (QED) is 0.479. The Labute approximate surface area is 93.3 Å². The second-order valence-corrected chi connectivity index (χ2v) is 4.23. The maximum Gasteiger partial charge on any atom is 0.0662 e. The molecule has 15 heavy (non-hydrogen) atoms. The topological polar surface area (TPSA) is 55.7 Å². The van der Waals surface area contributed by atoms with Gasteiger partial charge in [0.1, 0.15) is 0 Å². The van der Waals surface area contributed by atoms with Gasteiger partial charge in [0.05, 0.1) is 12.2 Å². The third kappa shape index (κ3) is 10.1. The van der Waals surface area contributed by atoms with Crippen molar-refractivity contribution in [1.82, 2.24) is 10.2 Å². The molecule has 0 rings (SSSR count). The van der Waals surface area contributed by atoms with Crippen molar-refractivity contribution in [2.24, 2.45) is 0 Å². The lowest BCUT2D eigenvalue weighted by Crippen LogP contribution is -2.32. The summed E-state index contributed by atoms with van der Waals surface area (Å²) in [6, 6.07) is 0. The van der Waals surface area contributed by atoms with E-state index in [0.717, 1.165) is 32.5 Å². The van der Waals surface area contributed by atoms with Gasteiger partial charge < -0.3 is 20.4 Å². The van der Waals surface area contributed by atoms with E-state index in [-0.39, 0.29) is 12.2 Å². The van der Waals surface area contributed by atoms with Crippen LogP contribution in [0.4, 0.5) is 0 Å². The molecule has 92 valence electrons. The van der Waals surface area contributed by atoms with Crippen LogP contribution in [0, 0.1) is 0 Å². The minimum absolute atomic E-state index is 0.222. The van der Waals surface area contributed by atoms with E-state index in [0.29, 0.717) is 6.54 Å². The predicted octanol–water partition coefficient (Wildman–Crippen LogP) is 0.0496. The standard InChI is InChI=1S/C11H26N2O2/c1-4-11(15)8-12-6-5-7-13(3)9-10(2)14/h10-12,14-15H,4-9H2,1-3H3. The monoisotopic (exact) mass is 218 g/mol. The summed E-state index contributed by atoms with van der Waals surface area (Å²) in [4.78, 5) is 2.11. The molecule has 0 aromatic carbocycles. The second-order valence-electron chi connectivity index (χ2n) is 4.23. The van der Waals surface area contributed by atoms with Crippen LogP contribution < -0.4 is 5.32 Å². The van der Waals surface area contributed by atoms with Crippen molar-refractivity contribution >= 4 is 0 Å². The maximum absolute atomic E-state index is 9.28. The van der Waals surface area contributed by atoms with E-state index in [9.17, 15) is 5.11 Å². The molecule has 4 nitrogen and oxygen atoms in total. The molecule has 0 heterocycles. The zero-order chi connectivity index (χ0) is 11.7. The minimum Gasteiger partial charge on any atom is -0.392 e. The molecule has 0 saturated heterocycles. The first-order valence-electron chi connectivity index (χ1n) is 5.81. The summed E-state index contributed by atoms with van der Waals surface area (Å²) in [5.74, 6) is 0. The molecule has 0 amide bonds. The van der Waals surface area contributed by atoms with Crippen LogP contribution >= 0.6 is 0 Å². The van der Waals surface area contributed by atoms with Gasteiger partial charge in [0.2, 0.25) is 0 Å². The molecule has 0 radical (unpaired) electrons. The zero-order valence-electron chi connectivity index (χ0n) is 10.2. The van der Waals surface area contributed by atoms with Crippen molar-refractivity contribution in [3.63, 3.8) is 0 Å². The molecule has 0 spiro atoms. The Bertz CT molecular complexity index is 143. The van der Waals surface area contributed by atoms with E-state index >= 15 is 0 Å². The van der Waals surface area contributed by atoms with Gasteiger partial charge in [-0.15, -0.1) is 0 Å². The Morgan fingerprint density at radius 2 is 2.00 bits per heavy atom. The average Bonchev–Trinajstić information content (AvgIpc) is 2.15. The van der Waals surface area contributed by atoms with E-state index in [1.54, 1.807) is 6.92 Å². The van der Waals surface area contributed by atoms with Crippen molar-refractivity contribution < 1.29 is 10.2 Å². The molecule has 0 aliphatic heterocycles. The Morgan fingerprint density at radius 1 is 1.33 bits per heavy atom. The van der Waals surface area contributed by atoms with Crippen LogP contribution in [-0.4, -0.2) is 60.5 Å². The largest absolute Gasteiger partial charge is 0.392 e. The number of aliphatic hydroxyl groups excluding tert-OH is 2. The highest BCUT2D eigenvalue weighted by molar-refractivity contribution is 4.60. The van der Waals surface area contributed by atoms with Crippen molar-refractivity contribution in [3.05, 3.63) is 0 Å². The number of rotatable bonds is 9. The number of likely N-dealkylation sites (N-methyl/N-ethyl adjacent to an activating group) is 1. The van der Waals surface area contributed by atoms with Gasteiger partial charge in [0, 0.05) is 13.1 Å². The lowest BCUT2D eigenvalue weighted by molar-refractivity contribution is 0.140. The summed E-state index contributed by atoms with van der Waals surface area (Å²) < 4.78 is 0. The molecule has 2 atom stereocenters. The van der Waals surface area contributed by atoms with E-state index in [2.05, 4.69) is 10.2 Å². The highest BCUT2D eigenvalue weighted by Gasteiger charge is 2.02. The predicted molar refractivity (Wildman–Crippen MR) is 63.0 cm³/mol. The molecule has 0 bridgehead atoms. The molecule has 2 unspecified atom stereocenters. The highest BCUT2D eigenvalue weighted by atomic mass is 16.3. The Balaban J connectivity index is 3.23. The highest BCUT2D eigenvalue weighted by Crippen LogP contribution is 1.91. The Kier molecular flexibility index (Phi) is 9.00. The second kappa shape index (κ2) is 9.09. The van der Waals surface area contributed by atoms with E-state index in [1.807, 2.05) is 14.0 Å². The van der Waals surface area contributed by atoms with Crippen LogP contribution in [0.5, 0.6) is 0 Å². The van der Waals surface area contributed by atoms with Crippen molar-refractivity contribution in [1.29, 1.82) is 0 Å². The average molecular weight is 218 g/mol. The van der Waals surface area contributed by atoms with Gasteiger partial charge in [-0.05, 0) is 39.9 Å². The first kappa shape index (κ1) is 14.8. The maximum atomic E-state index is 9.28. The first-order valence-corrected chi connectivity index (χ1v) is 5.81. The first-order chi connectivity index (χ1) is 7.06. The number of aliphatic hydroxyl groups is 2. The van der Waals surface area contributed by atoms with Crippen LogP contribution in [0.1, 0.15) is 26.7 Å². The summed E-state index contributed by atoms with van der Waals surface area (Å²) in [6.07, 6.45) is 1.36. The minimum atomic E-state index is -0.259. The summed E-state index contributed by atoms with van der Waals surface area (Å²) in [5, 5.41) is 21.6. The molecular formula is C11H26N2O2. The molecule has 0 aliphatic carbocycles. The van der Waals surface area contributed by atoms with E-state index in [1.165, 1.54) is 0 Å². The fourth-order valence-corrected chi connectivity index (χ4v) is 1.43. The van der Waals surface area contributed by atoms with Crippen LogP contribution in [0.3, 0.4) is 0 Å². The third-order valence-electron chi connectivity index (χ3n) is 2.32. The van der Waals surface area contributed by atoms with Gasteiger partial charge in [-0.25, -0.2) is 0 Å². The number of nitrogens with one attached hydrogen (secondary N) is 1. The van der Waals surface area contributed by atoms with Gasteiger partial charge in [0.15, 0.2) is 0 Å². The normalized spacial score (nSPS) is 15.6. The lowest BCUT2D eigenvalue weighted by Gasteiger charge is -2.18. The SMILES string of the molecule is CCC(O)CNCCCN(C)CC(C)O. The van der Waals surface area contributed by atoms with Gasteiger partial charge in [0.25, 0.3) is 0 Å². The fourth-order valence-electron chi connectivity index (χ4n) is 1.43. The van der Waals surface area contributed by atoms with Crippen LogP contribution in [0.25, 0.3) is 0 Å². The summed E-state index contributed by atoms with van der Waals surface area (Å²) in [6.45, 7) is 7.06. The summed E-state index contributed by atoms with van der Waals surface area (Å²) in [5.41, 5.74) is 0. The van der Waals surface area contributed by atoms with Crippen LogP contribution in [0.15, 0.2) is 0 Å². The van der Waals surface area contributed by atoms with Crippen LogP contribution in [-0.2, 0) is 0 Å². The van der Waals surface area contributed by atoms with Gasteiger partial charge in [-0.2, -0.15) is 0 Å². The molecule has 0 fully saturated rings. The molecule has 0 aromatic heterocycles. The van der Waals surface area contributed by atoms with Crippen molar-refractivity contribution in [2.45, 2.75) is 38.9 Å². The van der Waals surface area contributed by atoms with Gasteiger partial charge in [-0.1, -0.05) is 6.92 Å². The number of hydrogen-bond donors (Lipinski definition) is 3. The van der Waals surface area contributed by atoms with Crippen LogP contribution in [0.2, 0.25) is 0 Å². The molecule has 3 N–H and O–H groups in total. The number of nitrogens with zero attached hydrogens (tertiary/aromatic N) is 1. The molecule has 0 aromatic rings. The Hall–Kier alpha value is -0.160. The van der Waals surface area contributed by atoms with Crippen molar-refractivity contribution in [3.8, 4) is 0 Å². The lowest BCUT2D eigenvalue weighted by atomic mass is 10.3. The third-order valence-corrected chi connectivity index (χ3v) is 2.32. The Morgan fingerprint density at radius 3 is 2.53 bits per heavy atom. The zero-order valence-corrected chi connectivity index (χ0v) is 10.2. The van der Waals surface area contributed by atoms with E-state index in [4.69, 9.17) is 5.11 Å². The number of hydrogen-bond acceptors (Lipinski definition) is 4. The molecule has 4 heteroatoms.